The summed E-state index contributed by atoms with van der Waals surface area (Å²) in [7, 11) is 0. The number of aromatic nitrogens is 4. The number of benzene rings is 2. The first-order valence-corrected chi connectivity index (χ1v) is 9.65. The third kappa shape index (κ3) is 3.58. The molecule has 0 aliphatic carbocycles. The summed E-state index contributed by atoms with van der Waals surface area (Å²) in [6, 6.07) is 19.8. The average Bonchev–Trinajstić information content (AvgIpc) is 3.42. The smallest absolute Gasteiger partial charge is 0.257 e. The predicted molar refractivity (Wildman–Crippen MR) is 117 cm³/mol. The van der Waals surface area contributed by atoms with Gasteiger partial charge in [0.25, 0.3) is 5.91 Å². The van der Waals surface area contributed by atoms with Crippen molar-refractivity contribution in [1.82, 2.24) is 19.7 Å². The van der Waals surface area contributed by atoms with Gasteiger partial charge in [-0.15, -0.1) is 0 Å². The number of H-pyrrole nitrogens is 1. The Balaban J connectivity index is 1.42. The molecule has 0 saturated heterocycles. The van der Waals surface area contributed by atoms with Gasteiger partial charge in [-0.2, -0.15) is 5.10 Å². The zero-order valence-corrected chi connectivity index (χ0v) is 16.1. The molecule has 146 valence electrons. The third-order valence-electron chi connectivity index (χ3n) is 5.02. The van der Waals surface area contributed by atoms with Crippen LogP contribution in [-0.4, -0.2) is 25.7 Å². The van der Waals surface area contributed by atoms with Crippen LogP contribution in [0.25, 0.3) is 22.0 Å². The van der Waals surface area contributed by atoms with Gasteiger partial charge in [0.1, 0.15) is 0 Å². The molecule has 0 spiro atoms. The van der Waals surface area contributed by atoms with Crippen LogP contribution in [0.15, 0.2) is 91.6 Å². The quantitative estimate of drug-likeness (QED) is 0.453. The van der Waals surface area contributed by atoms with Crippen molar-refractivity contribution < 1.29 is 4.79 Å². The molecule has 0 saturated carbocycles. The van der Waals surface area contributed by atoms with E-state index in [9.17, 15) is 4.79 Å². The van der Waals surface area contributed by atoms with E-state index in [0.717, 1.165) is 22.0 Å². The number of hydrogen-bond acceptors (Lipinski definition) is 3. The summed E-state index contributed by atoms with van der Waals surface area (Å²) in [6.45, 7) is 0.715. The lowest BCUT2D eigenvalue weighted by Crippen LogP contribution is -2.11. The van der Waals surface area contributed by atoms with Crippen molar-refractivity contribution in [1.29, 1.82) is 0 Å². The van der Waals surface area contributed by atoms with Crippen LogP contribution in [0.3, 0.4) is 0 Å². The number of carbonyl (C=O) groups excluding carboxylic acids is 1. The maximum Gasteiger partial charge on any atom is 0.257 e. The van der Waals surface area contributed by atoms with Gasteiger partial charge in [0.2, 0.25) is 0 Å². The molecular weight excluding hydrogens is 374 g/mol. The Kier molecular flexibility index (Phi) is 4.57. The van der Waals surface area contributed by atoms with E-state index in [0.29, 0.717) is 17.8 Å². The third-order valence-corrected chi connectivity index (χ3v) is 5.02. The molecule has 0 aliphatic heterocycles. The van der Waals surface area contributed by atoms with E-state index in [2.05, 4.69) is 32.5 Å². The number of amides is 1. The van der Waals surface area contributed by atoms with Crippen LogP contribution in [0, 0.1) is 0 Å². The zero-order chi connectivity index (χ0) is 20.3. The molecule has 2 aromatic carbocycles. The summed E-state index contributed by atoms with van der Waals surface area (Å²) >= 11 is 0. The predicted octanol–water partition coefficient (Wildman–Crippen LogP) is 4.73. The van der Waals surface area contributed by atoms with Gasteiger partial charge in [0, 0.05) is 46.9 Å². The highest BCUT2D eigenvalue weighted by molar-refractivity contribution is 6.13. The van der Waals surface area contributed by atoms with E-state index in [1.54, 1.807) is 30.7 Å². The van der Waals surface area contributed by atoms with Gasteiger partial charge < -0.3 is 10.3 Å². The van der Waals surface area contributed by atoms with Gasteiger partial charge in [-0.3, -0.25) is 14.5 Å². The van der Waals surface area contributed by atoms with Gasteiger partial charge in [0.05, 0.1) is 18.3 Å². The van der Waals surface area contributed by atoms with Crippen LogP contribution in [-0.2, 0) is 6.54 Å². The Labute approximate surface area is 173 Å². The Morgan fingerprint density at radius 2 is 1.83 bits per heavy atom. The lowest BCUT2D eigenvalue weighted by Gasteiger charge is -2.04. The molecule has 0 bridgehead atoms. The van der Waals surface area contributed by atoms with Crippen molar-refractivity contribution in [2.75, 3.05) is 5.32 Å². The van der Waals surface area contributed by atoms with Gasteiger partial charge in [-0.1, -0.05) is 36.4 Å². The van der Waals surface area contributed by atoms with E-state index in [1.807, 2.05) is 53.5 Å². The van der Waals surface area contributed by atoms with Crippen molar-refractivity contribution in [2.24, 2.45) is 0 Å². The monoisotopic (exact) mass is 393 g/mol. The minimum absolute atomic E-state index is 0.163. The molecule has 3 heterocycles. The van der Waals surface area contributed by atoms with Gasteiger partial charge in [-0.25, -0.2) is 0 Å². The SMILES string of the molecule is O=C(Nc1ccncc1)c1c[nH]c2ccc(-c3cnn(Cc4ccccc4)c3)cc12. The maximum absolute atomic E-state index is 12.8. The fraction of sp³-hybridized carbons (Fsp3) is 0.0417. The molecule has 0 unspecified atom stereocenters. The van der Waals surface area contributed by atoms with Crippen LogP contribution in [0.5, 0.6) is 0 Å². The number of rotatable bonds is 5. The molecule has 6 heteroatoms. The zero-order valence-electron chi connectivity index (χ0n) is 16.1. The van der Waals surface area contributed by atoms with Crippen molar-refractivity contribution >= 4 is 22.5 Å². The molecule has 0 fully saturated rings. The average molecular weight is 393 g/mol. The Bertz CT molecular complexity index is 1310. The van der Waals surface area contributed by atoms with Crippen LogP contribution >= 0.6 is 0 Å². The Hall–Kier alpha value is -4.19. The summed E-state index contributed by atoms with van der Waals surface area (Å²) in [5.74, 6) is -0.163. The van der Waals surface area contributed by atoms with E-state index >= 15 is 0 Å². The number of pyridine rings is 1. The van der Waals surface area contributed by atoms with Crippen LogP contribution < -0.4 is 5.32 Å². The minimum Gasteiger partial charge on any atom is -0.360 e. The molecular formula is C24H19N5O. The minimum atomic E-state index is -0.163. The number of nitrogens with one attached hydrogen (secondary N) is 2. The first kappa shape index (κ1) is 17.9. The van der Waals surface area contributed by atoms with Crippen molar-refractivity contribution in [3.63, 3.8) is 0 Å². The molecule has 0 aliphatic rings. The highest BCUT2D eigenvalue weighted by atomic mass is 16.1. The molecule has 5 aromatic rings. The number of hydrogen-bond donors (Lipinski definition) is 2. The molecule has 6 nitrogen and oxygen atoms in total. The number of nitrogens with zero attached hydrogens (tertiary/aromatic N) is 3. The van der Waals surface area contributed by atoms with Crippen molar-refractivity contribution in [3.8, 4) is 11.1 Å². The van der Waals surface area contributed by atoms with E-state index in [4.69, 9.17) is 0 Å². The summed E-state index contributed by atoms with van der Waals surface area (Å²) in [5, 5.41) is 8.27. The van der Waals surface area contributed by atoms with Gasteiger partial charge in [-0.05, 0) is 35.4 Å². The van der Waals surface area contributed by atoms with Crippen LogP contribution in [0.1, 0.15) is 15.9 Å². The van der Waals surface area contributed by atoms with Crippen molar-refractivity contribution in [2.45, 2.75) is 6.54 Å². The highest BCUT2D eigenvalue weighted by Crippen LogP contribution is 2.27. The molecule has 30 heavy (non-hydrogen) atoms. The van der Waals surface area contributed by atoms with Gasteiger partial charge in [0.15, 0.2) is 0 Å². The number of carbonyl (C=O) groups is 1. The highest BCUT2D eigenvalue weighted by Gasteiger charge is 2.14. The maximum atomic E-state index is 12.8. The summed E-state index contributed by atoms with van der Waals surface area (Å²) < 4.78 is 1.92. The second-order valence-corrected chi connectivity index (χ2v) is 7.06. The lowest BCUT2D eigenvalue weighted by molar-refractivity contribution is 0.102. The van der Waals surface area contributed by atoms with Crippen LogP contribution in [0.4, 0.5) is 5.69 Å². The van der Waals surface area contributed by atoms with Crippen molar-refractivity contribution in [3.05, 3.63) is 103 Å². The Morgan fingerprint density at radius 1 is 1.00 bits per heavy atom. The Morgan fingerprint density at radius 3 is 2.67 bits per heavy atom. The fourth-order valence-corrected chi connectivity index (χ4v) is 3.49. The standard InChI is InChI=1S/C24H19N5O/c30-24(28-20-8-10-25-11-9-20)22-14-26-23-7-6-18(12-21(22)23)19-13-27-29(16-19)15-17-4-2-1-3-5-17/h1-14,16,26H,15H2,(H,25,28,30). The number of aromatic amines is 1. The normalized spacial score (nSPS) is 10.9. The summed E-state index contributed by atoms with van der Waals surface area (Å²) in [6.07, 6.45) is 8.92. The first-order chi connectivity index (χ1) is 14.8. The molecule has 3 aromatic heterocycles. The van der Waals surface area contributed by atoms with E-state index < -0.39 is 0 Å². The lowest BCUT2D eigenvalue weighted by atomic mass is 10.0. The molecule has 1 amide bonds. The second-order valence-electron chi connectivity index (χ2n) is 7.06. The topological polar surface area (TPSA) is 75.6 Å². The molecule has 0 radical (unpaired) electrons. The van der Waals surface area contributed by atoms with E-state index in [1.165, 1.54) is 5.56 Å². The summed E-state index contributed by atoms with van der Waals surface area (Å²) in [5.41, 5.74) is 5.44. The van der Waals surface area contributed by atoms with Gasteiger partial charge >= 0.3 is 0 Å². The summed E-state index contributed by atoms with van der Waals surface area (Å²) in [4.78, 5) is 19.9. The van der Waals surface area contributed by atoms with E-state index in [-0.39, 0.29) is 5.91 Å². The second kappa shape index (κ2) is 7.67. The first-order valence-electron chi connectivity index (χ1n) is 9.65. The molecule has 2 N–H and O–H groups in total. The van der Waals surface area contributed by atoms with Crippen LogP contribution in [0.2, 0.25) is 0 Å². The molecule has 0 atom stereocenters. The molecule has 5 rings (SSSR count). The fourth-order valence-electron chi connectivity index (χ4n) is 3.49. The number of anilines is 1. The number of fused-ring (bicyclic) bond motifs is 1. The largest absolute Gasteiger partial charge is 0.360 e.